The summed E-state index contributed by atoms with van der Waals surface area (Å²) in [6, 6.07) is 3.61. The SMILES string of the molecule is CC(C)(C)OC(=O)NCCc1cn(C(=O)OC(C)(C)C)c2ccc(OC3CCCCO3)c(CCCOS(C)(=O)=O)c12. The predicted octanol–water partition coefficient (Wildman–Crippen LogP) is 5.31. The van der Waals surface area contributed by atoms with E-state index in [2.05, 4.69) is 5.32 Å². The summed E-state index contributed by atoms with van der Waals surface area (Å²) >= 11 is 0. The molecule has 1 saturated heterocycles. The van der Waals surface area contributed by atoms with Crippen LogP contribution in [0.1, 0.15) is 78.4 Å². The lowest BCUT2D eigenvalue weighted by Gasteiger charge is -2.25. The standard InChI is InChI=1S/C29H44N2O9S/c1-28(2,3)39-26(32)30-16-15-20-19-31(27(33)40-29(4,5)6)22-13-14-23(38-24-12-8-9-17-36-24)21(25(20)22)11-10-18-37-41(7,34)35/h13-14,19,24H,8-12,15-18H2,1-7H3,(H,30,32). The number of hydrogen-bond donors (Lipinski definition) is 1. The number of carbonyl (C=O) groups excluding carboxylic acids is 2. The fourth-order valence-electron chi connectivity index (χ4n) is 4.49. The number of carbonyl (C=O) groups is 2. The zero-order valence-corrected chi connectivity index (χ0v) is 26.0. The molecule has 3 rings (SSSR count). The van der Waals surface area contributed by atoms with Crippen LogP contribution in [-0.4, -0.2) is 68.7 Å². The van der Waals surface area contributed by atoms with Crippen LogP contribution in [0.5, 0.6) is 5.75 Å². The van der Waals surface area contributed by atoms with Gasteiger partial charge in [0.05, 0.1) is 25.0 Å². The first kappa shape index (κ1) is 32.7. The van der Waals surface area contributed by atoms with Crippen molar-refractivity contribution in [1.29, 1.82) is 0 Å². The van der Waals surface area contributed by atoms with Gasteiger partial charge in [-0.3, -0.25) is 8.75 Å². The maximum Gasteiger partial charge on any atom is 0.419 e. The van der Waals surface area contributed by atoms with E-state index in [1.165, 1.54) is 4.57 Å². The third-order valence-corrected chi connectivity index (χ3v) is 6.63. The van der Waals surface area contributed by atoms with Gasteiger partial charge in [0, 0.05) is 30.1 Å². The molecule has 1 atom stereocenters. The minimum Gasteiger partial charge on any atom is -0.465 e. The molecule has 2 heterocycles. The number of ether oxygens (including phenoxy) is 4. The second kappa shape index (κ2) is 13.4. The van der Waals surface area contributed by atoms with E-state index in [-0.39, 0.29) is 13.2 Å². The van der Waals surface area contributed by atoms with Gasteiger partial charge in [-0.15, -0.1) is 0 Å². The van der Waals surface area contributed by atoms with Gasteiger partial charge in [-0.1, -0.05) is 0 Å². The highest BCUT2D eigenvalue weighted by molar-refractivity contribution is 7.85. The molecule has 0 aliphatic carbocycles. The van der Waals surface area contributed by atoms with Crippen molar-refractivity contribution >= 4 is 33.2 Å². The Hall–Kier alpha value is -2.83. The number of aromatic nitrogens is 1. The number of amides is 1. The zero-order valence-electron chi connectivity index (χ0n) is 25.2. The Kier molecular flexibility index (Phi) is 10.7. The summed E-state index contributed by atoms with van der Waals surface area (Å²) < 4.78 is 52.6. The maximum absolute atomic E-state index is 13.2. The Labute approximate surface area is 242 Å². The van der Waals surface area contributed by atoms with Crippen molar-refractivity contribution in [2.75, 3.05) is 26.0 Å². The third-order valence-electron chi connectivity index (χ3n) is 6.03. The van der Waals surface area contributed by atoms with Gasteiger partial charge in [-0.05, 0) is 91.3 Å². The average molecular weight is 597 g/mol. The molecule has 1 aliphatic heterocycles. The number of nitrogens with zero attached hydrogens (tertiary/aromatic N) is 1. The summed E-state index contributed by atoms with van der Waals surface area (Å²) in [7, 11) is -3.59. The highest BCUT2D eigenvalue weighted by atomic mass is 32.2. The second-order valence-corrected chi connectivity index (χ2v) is 13.8. The van der Waals surface area contributed by atoms with Crippen molar-refractivity contribution in [2.45, 2.75) is 97.6 Å². The number of alkyl carbamates (subject to hydrolysis) is 1. The summed E-state index contributed by atoms with van der Waals surface area (Å²) in [5.74, 6) is 0.590. The van der Waals surface area contributed by atoms with Gasteiger partial charge in [0.15, 0.2) is 6.29 Å². The van der Waals surface area contributed by atoms with Crippen LogP contribution in [0, 0.1) is 0 Å². The zero-order chi connectivity index (χ0) is 30.4. The van der Waals surface area contributed by atoms with Gasteiger partial charge in [0.2, 0.25) is 0 Å². The smallest absolute Gasteiger partial charge is 0.419 e. The van der Waals surface area contributed by atoms with E-state index in [4.69, 9.17) is 23.1 Å². The fourth-order valence-corrected chi connectivity index (χ4v) is 4.91. The molecule has 2 aromatic rings. The molecule has 1 aliphatic rings. The number of nitrogens with one attached hydrogen (secondary N) is 1. The largest absolute Gasteiger partial charge is 0.465 e. The van der Waals surface area contributed by atoms with Crippen LogP contribution in [0.3, 0.4) is 0 Å². The Morgan fingerprint density at radius 2 is 1.76 bits per heavy atom. The molecule has 41 heavy (non-hydrogen) atoms. The second-order valence-electron chi connectivity index (χ2n) is 12.2. The fraction of sp³-hybridized carbons (Fsp3) is 0.655. The van der Waals surface area contributed by atoms with E-state index < -0.39 is 39.8 Å². The van der Waals surface area contributed by atoms with Crippen LogP contribution in [0.15, 0.2) is 18.3 Å². The molecule has 0 saturated carbocycles. The van der Waals surface area contributed by atoms with E-state index in [9.17, 15) is 18.0 Å². The lowest BCUT2D eigenvalue weighted by Crippen LogP contribution is -2.33. The van der Waals surface area contributed by atoms with E-state index in [1.54, 1.807) is 59.9 Å². The van der Waals surface area contributed by atoms with E-state index in [0.717, 1.165) is 42.0 Å². The van der Waals surface area contributed by atoms with Crippen molar-refractivity contribution in [3.05, 3.63) is 29.5 Å². The molecule has 1 aromatic carbocycles. The Morgan fingerprint density at radius 1 is 1.05 bits per heavy atom. The molecular formula is C29H44N2O9S. The first-order valence-corrected chi connectivity index (χ1v) is 15.8. The molecule has 1 amide bonds. The monoisotopic (exact) mass is 596 g/mol. The molecule has 0 spiro atoms. The van der Waals surface area contributed by atoms with Gasteiger partial charge in [0.1, 0.15) is 17.0 Å². The number of rotatable bonds is 10. The first-order chi connectivity index (χ1) is 19.0. The lowest BCUT2D eigenvalue weighted by atomic mass is 9.99. The predicted molar refractivity (Wildman–Crippen MR) is 155 cm³/mol. The lowest BCUT2D eigenvalue weighted by molar-refractivity contribution is -0.106. The van der Waals surface area contributed by atoms with Gasteiger partial charge in [-0.2, -0.15) is 8.42 Å². The van der Waals surface area contributed by atoms with Crippen LogP contribution in [0.25, 0.3) is 10.9 Å². The number of benzene rings is 1. The highest BCUT2D eigenvalue weighted by Gasteiger charge is 2.25. The first-order valence-electron chi connectivity index (χ1n) is 14.0. The molecule has 1 N–H and O–H groups in total. The van der Waals surface area contributed by atoms with Crippen LogP contribution < -0.4 is 10.1 Å². The molecule has 1 fully saturated rings. The van der Waals surface area contributed by atoms with Crippen molar-refractivity contribution in [2.24, 2.45) is 0 Å². The van der Waals surface area contributed by atoms with E-state index in [1.807, 2.05) is 0 Å². The molecule has 0 bridgehead atoms. The molecule has 11 nitrogen and oxygen atoms in total. The van der Waals surface area contributed by atoms with Gasteiger partial charge in [0.25, 0.3) is 10.1 Å². The van der Waals surface area contributed by atoms with Crippen LogP contribution in [0.2, 0.25) is 0 Å². The quantitative estimate of drug-likeness (QED) is 0.286. The van der Waals surface area contributed by atoms with Crippen LogP contribution in [0.4, 0.5) is 9.59 Å². The van der Waals surface area contributed by atoms with Crippen LogP contribution in [-0.2, 0) is 41.4 Å². The van der Waals surface area contributed by atoms with Crippen molar-refractivity contribution in [1.82, 2.24) is 9.88 Å². The normalized spacial score (nSPS) is 16.4. The Bertz CT molecular complexity index is 1310. The number of aryl methyl sites for hydroxylation is 1. The summed E-state index contributed by atoms with van der Waals surface area (Å²) in [4.78, 5) is 25.5. The van der Waals surface area contributed by atoms with E-state index in [0.29, 0.717) is 37.1 Å². The van der Waals surface area contributed by atoms with Gasteiger partial charge < -0.3 is 24.3 Å². The average Bonchev–Trinajstić information content (AvgIpc) is 3.19. The number of fused-ring (bicyclic) bond motifs is 1. The molecule has 0 radical (unpaired) electrons. The third kappa shape index (κ3) is 10.5. The molecular weight excluding hydrogens is 552 g/mol. The summed E-state index contributed by atoms with van der Waals surface area (Å²) in [6.45, 7) is 11.6. The molecule has 1 aromatic heterocycles. The topological polar surface area (TPSA) is 131 Å². The molecule has 230 valence electrons. The van der Waals surface area contributed by atoms with E-state index >= 15 is 0 Å². The minimum atomic E-state index is -3.59. The Balaban J connectivity index is 2.02. The number of hydrogen-bond acceptors (Lipinski definition) is 9. The van der Waals surface area contributed by atoms with Gasteiger partial charge in [-0.25, -0.2) is 9.59 Å². The highest BCUT2D eigenvalue weighted by Crippen LogP contribution is 2.35. The van der Waals surface area contributed by atoms with Crippen molar-refractivity contribution in [3.8, 4) is 5.75 Å². The maximum atomic E-state index is 13.2. The summed E-state index contributed by atoms with van der Waals surface area (Å²) in [6.07, 6.45) is 5.16. The summed E-state index contributed by atoms with van der Waals surface area (Å²) in [5.41, 5.74) is 0.854. The van der Waals surface area contributed by atoms with Gasteiger partial charge >= 0.3 is 12.2 Å². The van der Waals surface area contributed by atoms with Crippen LogP contribution >= 0.6 is 0 Å². The molecule has 1 unspecified atom stereocenters. The Morgan fingerprint density at radius 3 is 2.37 bits per heavy atom. The molecule has 12 heteroatoms. The summed E-state index contributed by atoms with van der Waals surface area (Å²) in [5, 5.41) is 3.55. The van der Waals surface area contributed by atoms with Crippen molar-refractivity contribution < 1.29 is 41.1 Å². The minimum absolute atomic E-state index is 0.00308. The van der Waals surface area contributed by atoms with Crippen molar-refractivity contribution in [3.63, 3.8) is 0 Å².